The van der Waals surface area contributed by atoms with Crippen LogP contribution < -0.4 is 5.32 Å². The Hall–Kier alpha value is -0.890. The molecule has 0 saturated carbocycles. The van der Waals surface area contributed by atoms with Crippen LogP contribution in [0.2, 0.25) is 0 Å². The minimum absolute atomic E-state index is 0.296. The number of hydrogen-bond donors (Lipinski definition) is 1. The summed E-state index contributed by atoms with van der Waals surface area (Å²) in [5, 5.41) is 15.2. The Balaban J connectivity index is 1.65. The van der Waals surface area contributed by atoms with E-state index in [1.165, 1.54) is 24.3 Å². The molecule has 0 aliphatic carbocycles. The molecule has 2 unspecified atom stereocenters. The molecule has 2 atom stereocenters. The Kier molecular flexibility index (Phi) is 3.38. The van der Waals surface area contributed by atoms with Gasteiger partial charge in [0.15, 0.2) is 0 Å². The Morgan fingerprint density at radius 3 is 3.28 bits per heavy atom. The molecule has 0 aromatic carbocycles. The Morgan fingerprint density at radius 1 is 1.56 bits per heavy atom. The molecule has 0 amide bonds. The monoisotopic (exact) mass is 261 g/mol. The lowest BCUT2D eigenvalue weighted by Crippen LogP contribution is -2.54. The van der Waals surface area contributed by atoms with Crippen LogP contribution in [0.4, 0.5) is 0 Å². The molecule has 1 aromatic heterocycles. The Morgan fingerprint density at radius 2 is 2.50 bits per heavy atom. The number of nitrogens with one attached hydrogen (secondary N) is 1. The van der Waals surface area contributed by atoms with Crippen molar-refractivity contribution in [2.45, 2.75) is 43.8 Å². The van der Waals surface area contributed by atoms with Gasteiger partial charge >= 0.3 is 0 Å². The van der Waals surface area contributed by atoms with E-state index >= 15 is 0 Å². The van der Waals surface area contributed by atoms with Crippen LogP contribution in [-0.4, -0.2) is 29.6 Å². The number of hydrogen-bond acceptors (Lipinski definition) is 4. The molecule has 96 valence electrons. The molecule has 18 heavy (non-hydrogen) atoms. The standard InChI is InChI=1S/C14H19N3S/c15-11-14(16-10-13-4-2-8-18-13)5-7-17-6-1-3-12(17)9-14/h2,4,8,12,16H,1,3,5-7,9-10H2. The molecular formula is C14H19N3S. The molecule has 0 spiro atoms. The SMILES string of the molecule is N#CC1(NCc2cccs2)CCN2CCCC2C1. The van der Waals surface area contributed by atoms with Crippen molar-refractivity contribution in [2.24, 2.45) is 0 Å². The second-order valence-corrected chi connectivity index (χ2v) is 6.45. The smallest absolute Gasteiger partial charge is 0.109 e. The van der Waals surface area contributed by atoms with Crippen molar-refractivity contribution < 1.29 is 0 Å². The highest BCUT2D eigenvalue weighted by molar-refractivity contribution is 7.09. The van der Waals surface area contributed by atoms with Gasteiger partial charge in [-0.2, -0.15) is 5.26 Å². The maximum Gasteiger partial charge on any atom is 0.109 e. The van der Waals surface area contributed by atoms with Gasteiger partial charge in [0.2, 0.25) is 0 Å². The minimum Gasteiger partial charge on any atom is -0.300 e. The largest absolute Gasteiger partial charge is 0.300 e. The maximum atomic E-state index is 9.56. The second-order valence-electron chi connectivity index (χ2n) is 5.41. The van der Waals surface area contributed by atoms with E-state index < -0.39 is 0 Å². The number of rotatable bonds is 3. The van der Waals surface area contributed by atoms with Crippen molar-refractivity contribution >= 4 is 11.3 Å². The number of nitriles is 1. The maximum absolute atomic E-state index is 9.56. The van der Waals surface area contributed by atoms with E-state index in [1.807, 2.05) is 0 Å². The average molecular weight is 261 g/mol. The van der Waals surface area contributed by atoms with Crippen molar-refractivity contribution in [3.05, 3.63) is 22.4 Å². The van der Waals surface area contributed by atoms with Crippen molar-refractivity contribution in [2.75, 3.05) is 13.1 Å². The highest BCUT2D eigenvalue weighted by Gasteiger charge is 2.41. The van der Waals surface area contributed by atoms with E-state index in [-0.39, 0.29) is 5.54 Å². The van der Waals surface area contributed by atoms with Crippen LogP contribution in [0, 0.1) is 11.3 Å². The summed E-state index contributed by atoms with van der Waals surface area (Å²) in [6.07, 6.45) is 4.53. The van der Waals surface area contributed by atoms with Gasteiger partial charge in [0, 0.05) is 24.0 Å². The normalized spacial score (nSPS) is 32.1. The fourth-order valence-electron chi connectivity index (χ4n) is 3.23. The predicted molar refractivity (Wildman–Crippen MR) is 73.3 cm³/mol. The minimum atomic E-state index is -0.296. The van der Waals surface area contributed by atoms with Gasteiger partial charge in [0.25, 0.3) is 0 Å². The Labute approximate surface area is 112 Å². The zero-order valence-corrected chi connectivity index (χ0v) is 11.4. The molecule has 1 N–H and O–H groups in total. The van der Waals surface area contributed by atoms with E-state index in [0.29, 0.717) is 6.04 Å². The fourth-order valence-corrected chi connectivity index (χ4v) is 3.88. The molecule has 0 radical (unpaired) electrons. The predicted octanol–water partition coefficient (Wildman–Crippen LogP) is 2.36. The quantitative estimate of drug-likeness (QED) is 0.908. The number of piperidine rings is 1. The first-order valence-electron chi connectivity index (χ1n) is 6.74. The summed E-state index contributed by atoms with van der Waals surface area (Å²) in [5.41, 5.74) is -0.296. The first-order chi connectivity index (χ1) is 8.81. The van der Waals surface area contributed by atoms with Gasteiger partial charge in [-0.3, -0.25) is 5.32 Å². The lowest BCUT2D eigenvalue weighted by atomic mass is 9.84. The molecule has 3 nitrogen and oxygen atoms in total. The summed E-state index contributed by atoms with van der Waals surface area (Å²) >= 11 is 1.76. The third kappa shape index (κ3) is 2.31. The average Bonchev–Trinajstić information content (AvgIpc) is 3.07. The summed E-state index contributed by atoms with van der Waals surface area (Å²) in [7, 11) is 0. The van der Waals surface area contributed by atoms with Crippen LogP contribution in [0.3, 0.4) is 0 Å². The van der Waals surface area contributed by atoms with Crippen LogP contribution in [0.1, 0.15) is 30.6 Å². The van der Waals surface area contributed by atoms with E-state index in [2.05, 4.69) is 33.8 Å². The number of nitrogens with zero attached hydrogens (tertiary/aromatic N) is 2. The van der Waals surface area contributed by atoms with E-state index in [1.54, 1.807) is 11.3 Å². The van der Waals surface area contributed by atoms with Gasteiger partial charge in [-0.25, -0.2) is 0 Å². The van der Waals surface area contributed by atoms with Gasteiger partial charge in [-0.15, -0.1) is 11.3 Å². The summed E-state index contributed by atoms with van der Waals surface area (Å²) in [4.78, 5) is 3.88. The molecule has 0 bridgehead atoms. The second kappa shape index (κ2) is 5.00. The van der Waals surface area contributed by atoms with Gasteiger partial charge in [0.1, 0.15) is 5.54 Å². The topological polar surface area (TPSA) is 39.1 Å². The highest BCUT2D eigenvalue weighted by Crippen LogP contribution is 2.33. The first kappa shape index (κ1) is 12.2. The van der Waals surface area contributed by atoms with Gasteiger partial charge < -0.3 is 4.90 Å². The lowest BCUT2D eigenvalue weighted by Gasteiger charge is -2.40. The Bertz CT molecular complexity index is 436. The first-order valence-corrected chi connectivity index (χ1v) is 7.62. The zero-order valence-electron chi connectivity index (χ0n) is 10.6. The summed E-state index contributed by atoms with van der Waals surface area (Å²) in [5.74, 6) is 0. The zero-order chi connectivity index (χ0) is 12.4. The van der Waals surface area contributed by atoms with E-state index in [4.69, 9.17) is 0 Å². The molecule has 2 aliphatic heterocycles. The molecule has 1 aromatic rings. The third-order valence-electron chi connectivity index (χ3n) is 4.30. The molecule has 3 heterocycles. The molecule has 3 rings (SSSR count). The van der Waals surface area contributed by atoms with Crippen molar-refractivity contribution in [1.29, 1.82) is 5.26 Å². The van der Waals surface area contributed by atoms with Crippen LogP contribution in [0.15, 0.2) is 17.5 Å². The third-order valence-corrected chi connectivity index (χ3v) is 5.18. The molecule has 2 fully saturated rings. The summed E-state index contributed by atoms with van der Waals surface area (Å²) in [6.45, 7) is 3.14. The van der Waals surface area contributed by atoms with Crippen LogP contribution in [-0.2, 0) is 6.54 Å². The fraction of sp³-hybridized carbons (Fsp3) is 0.643. The van der Waals surface area contributed by atoms with Gasteiger partial charge in [-0.05, 0) is 43.7 Å². The lowest BCUT2D eigenvalue weighted by molar-refractivity contribution is 0.136. The van der Waals surface area contributed by atoms with Crippen molar-refractivity contribution in [3.8, 4) is 6.07 Å². The molecule has 2 aliphatic rings. The van der Waals surface area contributed by atoms with Crippen LogP contribution in [0.25, 0.3) is 0 Å². The van der Waals surface area contributed by atoms with E-state index in [9.17, 15) is 5.26 Å². The number of fused-ring (bicyclic) bond motifs is 1. The van der Waals surface area contributed by atoms with E-state index in [0.717, 1.165) is 25.9 Å². The van der Waals surface area contributed by atoms with Crippen molar-refractivity contribution in [1.82, 2.24) is 10.2 Å². The number of thiophene rings is 1. The van der Waals surface area contributed by atoms with Gasteiger partial charge in [0.05, 0.1) is 6.07 Å². The van der Waals surface area contributed by atoms with Crippen LogP contribution >= 0.6 is 11.3 Å². The summed E-state index contributed by atoms with van der Waals surface area (Å²) in [6, 6.07) is 7.40. The highest BCUT2D eigenvalue weighted by atomic mass is 32.1. The summed E-state index contributed by atoms with van der Waals surface area (Å²) < 4.78 is 0. The molecule has 4 heteroatoms. The van der Waals surface area contributed by atoms with Crippen LogP contribution in [0.5, 0.6) is 0 Å². The van der Waals surface area contributed by atoms with Crippen molar-refractivity contribution in [3.63, 3.8) is 0 Å². The molecular weight excluding hydrogens is 242 g/mol. The molecule has 2 saturated heterocycles. The van der Waals surface area contributed by atoms with Gasteiger partial charge in [-0.1, -0.05) is 6.07 Å².